The number of aryl methyl sites for hydroxylation is 1. The van der Waals surface area contributed by atoms with Crippen LogP contribution in [0.25, 0.3) is 0 Å². The highest BCUT2D eigenvalue weighted by Crippen LogP contribution is 2.10. The van der Waals surface area contributed by atoms with Crippen molar-refractivity contribution >= 4 is 17.5 Å². The maximum Gasteiger partial charge on any atom is 0.172 e. The van der Waals surface area contributed by atoms with Crippen molar-refractivity contribution in [1.82, 2.24) is 0 Å². The van der Waals surface area contributed by atoms with E-state index in [1.54, 1.807) is 11.8 Å². The molecule has 0 bridgehead atoms. The van der Waals surface area contributed by atoms with Crippen LogP contribution in [-0.2, 0) is 6.42 Å². The van der Waals surface area contributed by atoms with Crippen LogP contribution in [0, 0.1) is 0 Å². The van der Waals surface area contributed by atoms with Gasteiger partial charge in [0, 0.05) is 5.56 Å². The second kappa shape index (κ2) is 5.86. The van der Waals surface area contributed by atoms with Crippen LogP contribution in [0.15, 0.2) is 24.3 Å². The largest absolute Gasteiger partial charge is 0.293 e. The fourth-order valence-electron chi connectivity index (χ4n) is 1.40. The number of carbonyl (C=O) groups excluding carboxylic acids is 1. The molecular weight excluding hydrogens is 192 g/mol. The van der Waals surface area contributed by atoms with Gasteiger partial charge in [-0.25, -0.2) is 0 Å². The maximum atomic E-state index is 11.6. The van der Waals surface area contributed by atoms with Crippen molar-refractivity contribution in [2.24, 2.45) is 0 Å². The summed E-state index contributed by atoms with van der Waals surface area (Å²) in [5.41, 5.74) is 2.12. The molecule has 0 fully saturated rings. The molecule has 0 aliphatic rings. The first-order valence-electron chi connectivity index (χ1n) is 4.89. The Morgan fingerprint density at radius 2 is 2.21 bits per heavy atom. The molecule has 0 aromatic heterocycles. The Balaban J connectivity index is 2.77. The first-order valence-corrected chi connectivity index (χ1v) is 6.28. The molecule has 1 aromatic rings. The van der Waals surface area contributed by atoms with Gasteiger partial charge in [-0.3, -0.25) is 4.79 Å². The van der Waals surface area contributed by atoms with Crippen LogP contribution in [-0.4, -0.2) is 17.8 Å². The Bertz CT molecular complexity index is 307. The van der Waals surface area contributed by atoms with Crippen LogP contribution < -0.4 is 0 Å². The van der Waals surface area contributed by atoms with E-state index in [4.69, 9.17) is 0 Å². The zero-order valence-electron chi connectivity index (χ0n) is 8.75. The van der Waals surface area contributed by atoms with Crippen molar-refractivity contribution in [2.75, 3.05) is 12.0 Å². The van der Waals surface area contributed by atoms with Gasteiger partial charge in [0.05, 0.1) is 5.75 Å². The minimum absolute atomic E-state index is 0.232. The number of ketones is 1. The lowest BCUT2D eigenvalue weighted by molar-refractivity contribution is 0.102. The molecule has 76 valence electrons. The van der Waals surface area contributed by atoms with E-state index in [0.29, 0.717) is 5.75 Å². The highest BCUT2D eigenvalue weighted by molar-refractivity contribution is 7.99. The third-order valence-electron chi connectivity index (χ3n) is 2.06. The summed E-state index contributed by atoms with van der Waals surface area (Å²) in [7, 11) is 0. The van der Waals surface area contributed by atoms with Crippen LogP contribution >= 0.6 is 11.8 Å². The molecule has 2 heteroatoms. The molecule has 0 amide bonds. The summed E-state index contributed by atoms with van der Waals surface area (Å²) in [6.07, 6.45) is 4.13. The molecule has 1 nitrogen and oxygen atoms in total. The smallest absolute Gasteiger partial charge is 0.172 e. The van der Waals surface area contributed by atoms with E-state index >= 15 is 0 Å². The molecule has 0 spiro atoms. The number of carbonyl (C=O) groups is 1. The summed E-state index contributed by atoms with van der Waals surface area (Å²) in [6, 6.07) is 7.97. The number of rotatable bonds is 5. The average Bonchev–Trinajstić information content (AvgIpc) is 2.19. The van der Waals surface area contributed by atoms with Gasteiger partial charge in [0.25, 0.3) is 0 Å². The fraction of sp³-hybridized carbons (Fsp3) is 0.417. The van der Waals surface area contributed by atoms with E-state index < -0.39 is 0 Å². The zero-order valence-corrected chi connectivity index (χ0v) is 9.56. The van der Waals surface area contributed by atoms with E-state index in [1.807, 2.05) is 24.5 Å². The molecule has 0 saturated heterocycles. The van der Waals surface area contributed by atoms with Gasteiger partial charge in [-0.05, 0) is 24.3 Å². The molecule has 0 radical (unpaired) electrons. The van der Waals surface area contributed by atoms with Gasteiger partial charge >= 0.3 is 0 Å². The minimum Gasteiger partial charge on any atom is -0.293 e. The van der Waals surface area contributed by atoms with Gasteiger partial charge in [-0.2, -0.15) is 11.8 Å². The van der Waals surface area contributed by atoms with Gasteiger partial charge in [0.15, 0.2) is 5.78 Å². The Hall–Kier alpha value is -0.760. The molecule has 0 aliphatic carbocycles. The maximum absolute atomic E-state index is 11.6. The lowest BCUT2D eigenvalue weighted by Gasteiger charge is -2.02. The second-order valence-electron chi connectivity index (χ2n) is 3.31. The lowest BCUT2D eigenvalue weighted by atomic mass is 10.1. The summed E-state index contributed by atoms with van der Waals surface area (Å²) < 4.78 is 0. The van der Waals surface area contributed by atoms with Crippen LogP contribution in [0.3, 0.4) is 0 Å². The summed E-state index contributed by atoms with van der Waals surface area (Å²) >= 11 is 1.57. The van der Waals surface area contributed by atoms with Crippen molar-refractivity contribution < 1.29 is 4.79 Å². The molecular formula is C12H16OS. The summed E-state index contributed by atoms with van der Waals surface area (Å²) in [5, 5.41) is 0. The normalized spacial score (nSPS) is 10.1. The molecule has 1 rings (SSSR count). The molecule has 0 aliphatic heterocycles. The predicted molar refractivity (Wildman–Crippen MR) is 63.1 cm³/mol. The monoisotopic (exact) mass is 208 g/mol. The zero-order chi connectivity index (χ0) is 10.4. The Labute approximate surface area is 89.9 Å². The molecule has 0 atom stereocenters. The van der Waals surface area contributed by atoms with E-state index in [2.05, 4.69) is 13.0 Å². The third-order valence-corrected chi connectivity index (χ3v) is 2.61. The summed E-state index contributed by atoms with van der Waals surface area (Å²) in [6.45, 7) is 2.15. The van der Waals surface area contributed by atoms with Gasteiger partial charge in [0.2, 0.25) is 0 Å². The van der Waals surface area contributed by atoms with E-state index in [0.717, 1.165) is 18.4 Å². The highest BCUT2D eigenvalue weighted by atomic mass is 32.2. The van der Waals surface area contributed by atoms with Gasteiger partial charge in [-0.15, -0.1) is 0 Å². The van der Waals surface area contributed by atoms with Gasteiger partial charge < -0.3 is 0 Å². The van der Waals surface area contributed by atoms with Crippen molar-refractivity contribution in [3.63, 3.8) is 0 Å². The lowest BCUT2D eigenvalue weighted by Crippen LogP contribution is -2.02. The van der Waals surface area contributed by atoms with Crippen molar-refractivity contribution in [2.45, 2.75) is 19.8 Å². The summed E-state index contributed by atoms with van der Waals surface area (Å²) in [4.78, 5) is 11.6. The van der Waals surface area contributed by atoms with Gasteiger partial charge in [0.1, 0.15) is 0 Å². The van der Waals surface area contributed by atoms with Crippen LogP contribution in [0.4, 0.5) is 0 Å². The van der Waals surface area contributed by atoms with E-state index in [-0.39, 0.29) is 5.78 Å². The quantitative estimate of drug-likeness (QED) is 0.691. The van der Waals surface area contributed by atoms with Gasteiger partial charge in [-0.1, -0.05) is 31.5 Å². The van der Waals surface area contributed by atoms with Crippen molar-refractivity contribution in [1.29, 1.82) is 0 Å². The number of thioether (sulfide) groups is 1. The Kier molecular flexibility index (Phi) is 4.74. The fourth-order valence-corrected chi connectivity index (χ4v) is 1.83. The average molecular weight is 208 g/mol. The topological polar surface area (TPSA) is 17.1 Å². The number of Topliss-reactive ketones (excluding diaryl/α,β-unsaturated/α-hetero) is 1. The highest BCUT2D eigenvalue weighted by Gasteiger charge is 2.04. The SMILES string of the molecule is CCCc1cccc(C(=O)CSC)c1. The first-order chi connectivity index (χ1) is 6.77. The molecule has 0 heterocycles. The number of hydrogen-bond acceptors (Lipinski definition) is 2. The minimum atomic E-state index is 0.232. The number of hydrogen-bond donors (Lipinski definition) is 0. The molecule has 14 heavy (non-hydrogen) atoms. The second-order valence-corrected chi connectivity index (χ2v) is 4.17. The molecule has 0 N–H and O–H groups in total. The third kappa shape index (κ3) is 3.18. The van der Waals surface area contributed by atoms with Crippen molar-refractivity contribution in [3.8, 4) is 0 Å². The standard InChI is InChI=1S/C12H16OS/c1-3-5-10-6-4-7-11(8-10)12(13)9-14-2/h4,6-8H,3,5,9H2,1-2H3. The van der Waals surface area contributed by atoms with Crippen molar-refractivity contribution in [3.05, 3.63) is 35.4 Å². The first kappa shape index (κ1) is 11.3. The predicted octanol–water partition coefficient (Wildman–Crippen LogP) is 3.18. The Morgan fingerprint density at radius 1 is 1.43 bits per heavy atom. The van der Waals surface area contributed by atoms with E-state index in [1.165, 1.54) is 5.56 Å². The van der Waals surface area contributed by atoms with Crippen LogP contribution in [0.5, 0.6) is 0 Å². The van der Waals surface area contributed by atoms with Crippen LogP contribution in [0.1, 0.15) is 29.3 Å². The Morgan fingerprint density at radius 3 is 2.86 bits per heavy atom. The molecule has 0 saturated carbocycles. The number of benzene rings is 1. The van der Waals surface area contributed by atoms with Crippen LogP contribution in [0.2, 0.25) is 0 Å². The van der Waals surface area contributed by atoms with E-state index in [9.17, 15) is 4.79 Å². The molecule has 0 unspecified atom stereocenters. The molecule has 1 aromatic carbocycles. The summed E-state index contributed by atoms with van der Waals surface area (Å²) in [5.74, 6) is 0.811.